The SMILES string of the molecule is CCC1(C)C(C)C(C)(C(C)C(C)C(C)C)C1(C)C. The van der Waals surface area contributed by atoms with E-state index in [1.54, 1.807) is 0 Å². The zero-order valence-corrected chi connectivity index (χ0v) is 14.5. The molecule has 0 amide bonds. The minimum Gasteiger partial charge on any atom is -0.0648 e. The molecule has 0 aromatic heterocycles. The van der Waals surface area contributed by atoms with Gasteiger partial charge >= 0.3 is 0 Å². The van der Waals surface area contributed by atoms with Gasteiger partial charge in [0.25, 0.3) is 0 Å². The lowest BCUT2D eigenvalue weighted by atomic mass is 9.29. The summed E-state index contributed by atoms with van der Waals surface area (Å²) in [6, 6.07) is 0. The fraction of sp³-hybridized carbons (Fsp3) is 1.00. The second-order valence-electron chi connectivity index (χ2n) is 8.29. The molecule has 0 saturated heterocycles. The number of rotatable bonds is 4. The van der Waals surface area contributed by atoms with Gasteiger partial charge < -0.3 is 0 Å². The third kappa shape index (κ3) is 1.63. The van der Waals surface area contributed by atoms with Crippen LogP contribution in [0.1, 0.15) is 75.7 Å². The summed E-state index contributed by atoms with van der Waals surface area (Å²) >= 11 is 0. The van der Waals surface area contributed by atoms with E-state index >= 15 is 0 Å². The highest BCUT2D eigenvalue weighted by molar-refractivity contribution is 5.17. The number of hydrogen-bond donors (Lipinski definition) is 0. The Hall–Kier alpha value is 0. The van der Waals surface area contributed by atoms with Gasteiger partial charge in [0, 0.05) is 0 Å². The van der Waals surface area contributed by atoms with Crippen molar-refractivity contribution >= 4 is 0 Å². The molecule has 0 aromatic rings. The maximum Gasteiger partial charge on any atom is -0.0210 e. The fourth-order valence-electron chi connectivity index (χ4n) is 5.12. The van der Waals surface area contributed by atoms with Gasteiger partial charge in [0.2, 0.25) is 0 Å². The third-order valence-electron chi connectivity index (χ3n) is 8.15. The van der Waals surface area contributed by atoms with Gasteiger partial charge in [0.05, 0.1) is 0 Å². The summed E-state index contributed by atoms with van der Waals surface area (Å²) in [5.41, 5.74) is 1.42. The summed E-state index contributed by atoms with van der Waals surface area (Å²) in [5, 5.41) is 0. The van der Waals surface area contributed by atoms with Crippen molar-refractivity contribution < 1.29 is 0 Å². The molecule has 1 aliphatic carbocycles. The summed E-state index contributed by atoms with van der Waals surface area (Å²) < 4.78 is 0. The van der Waals surface area contributed by atoms with Gasteiger partial charge in [-0.1, -0.05) is 69.2 Å². The molecule has 1 aliphatic rings. The minimum atomic E-state index is 0.441. The molecule has 0 aromatic carbocycles. The van der Waals surface area contributed by atoms with Gasteiger partial charge in [0.15, 0.2) is 0 Å². The van der Waals surface area contributed by atoms with Crippen LogP contribution >= 0.6 is 0 Å². The van der Waals surface area contributed by atoms with E-state index in [-0.39, 0.29) is 0 Å². The highest BCUT2D eigenvalue weighted by Crippen LogP contribution is 2.75. The van der Waals surface area contributed by atoms with Crippen LogP contribution in [0.15, 0.2) is 0 Å². The quantitative estimate of drug-likeness (QED) is 0.574. The smallest absolute Gasteiger partial charge is 0.0210 e. The van der Waals surface area contributed by atoms with Crippen molar-refractivity contribution in [2.75, 3.05) is 0 Å². The maximum absolute atomic E-state index is 2.55. The van der Waals surface area contributed by atoms with E-state index in [1.165, 1.54) is 6.42 Å². The van der Waals surface area contributed by atoms with Crippen molar-refractivity contribution in [2.45, 2.75) is 75.7 Å². The van der Waals surface area contributed by atoms with Crippen LogP contribution in [0.2, 0.25) is 0 Å². The van der Waals surface area contributed by atoms with Crippen LogP contribution in [0, 0.1) is 39.9 Å². The Balaban J connectivity index is 3.09. The summed E-state index contributed by atoms with van der Waals surface area (Å²) in [7, 11) is 0. The van der Waals surface area contributed by atoms with Crippen molar-refractivity contribution in [2.24, 2.45) is 39.9 Å². The second-order valence-corrected chi connectivity index (χ2v) is 8.29. The van der Waals surface area contributed by atoms with E-state index in [2.05, 4.69) is 69.2 Å². The molecular weight excluding hydrogens is 216 g/mol. The molecule has 1 rings (SSSR count). The van der Waals surface area contributed by atoms with Crippen molar-refractivity contribution in [3.63, 3.8) is 0 Å². The molecule has 0 radical (unpaired) electrons. The topological polar surface area (TPSA) is 0 Å². The molecule has 0 aliphatic heterocycles. The average molecular weight is 252 g/mol. The predicted octanol–water partition coefficient (Wildman–Crippen LogP) is 6.01. The Kier molecular flexibility index (Phi) is 4.04. The van der Waals surface area contributed by atoms with Gasteiger partial charge in [-0.25, -0.2) is 0 Å². The van der Waals surface area contributed by atoms with Crippen LogP contribution in [0.3, 0.4) is 0 Å². The maximum atomic E-state index is 2.55. The lowest BCUT2D eigenvalue weighted by Gasteiger charge is -2.75. The van der Waals surface area contributed by atoms with Crippen LogP contribution in [0.5, 0.6) is 0 Å². The Morgan fingerprint density at radius 2 is 1.39 bits per heavy atom. The molecule has 0 N–H and O–H groups in total. The van der Waals surface area contributed by atoms with E-state index < -0.39 is 0 Å². The molecule has 5 atom stereocenters. The lowest BCUT2D eigenvalue weighted by molar-refractivity contribution is -0.272. The van der Waals surface area contributed by atoms with Crippen molar-refractivity contribution in [1.82, 2.24) is 0 Å². The van der Waals surface area contributed by atoms with E-state index in [9.17, 15) is 0 Å². The first kappa shape index (κ1) is 16.1. The Bertz CT molecular complexity index is 301. The first-order valence-electron chi connectivity index (χ1n) is 7.98. The molecule has 108 valence electrons. The summed E-state index contributed by atoms with van der Waals surface area (Å²) in [6.45, 7) is 24.7. The molecule has 1 saturated carbocycles. The molecule has 0 nitrogen and oxygen atoms in total. The van der Waals surface area contributed by atoms with Crippen molar-refractivity contribution in [3.05, 3.63) is 0 Å². The van der Waals surface area contributed by atoms with Crippen LogP contribution in [0.4, 0.5) is 0 Å². The molecule has 5 unspecified atom stereocenters. The van der Waals surface area contributed by atoms with E-state index in [0.717, 1.165) is 23.7 Å². The van der Waals surface area contributed by atoms with E-state index in [0.29, 0.717) is 16.2 Å². The Labute approximate surface area is 116 Å². The minimum absolute atomic E-state index is 0.441. The van der Waals surface area contributed by atoms with E-state index in [4.69, 9.17) is 0 Å². The van der Waals surface area contributed by atoms with Crippen LogP contribution in [-0.4, -0.2) is 0 Å². The zero-order valence-electron chi connectivity index (χ0n) is 14.5. The standard InChI is InChI=1S/C18H36/c1-11-17(9)15(6)18(10,16(17,7)8)14(5)13(4)12(2)3/h12-15H,11H2,1-10H3. The molecular formula is C18H36. The Morgan fingerprint density at radius 3 is 1.67 bits per heavy atom. The molecule has 0 heteroatoms. The highest BCUT2D eigenvalue weighted by atomic mass is 14.7. The fourth-order valence-corrected chi connectivity index (χ4v) is 5.12. The van der Waals surface area contributed by atoms with Crippen LogP contribution < -0.4 is 0 Å². The Morgan fingerprint density at radius 1 is 0.944 bits per heavy atom. The van der Waals surface area contributed by atoms with Crippen LogP contribution in [0.25, 0.3) is 0 Å². The molecule has 0 heterocycles. The average Bonchev–Trinajstić information content (AvgIpc) is 2.33. The van der Waals surface area contributed by atoms with Gasteiger partial charge in [-0.3, -0.25) is 0 Å². The third-order valence-corrected chi connectivity index (χ3v) is 8.15. The molecule has 1 fully saturated rings. The summed E-state index contributed by atoms with van der Waals surface area (Å²) in [6.07, 6.45) is 1.31. The number of hydrogen-bond acceptors (Lipinski definition) is 0. The second kappa shape index (κ2) is 4.53. The molecule has 0 spiro atoms. The van der Waals surface area contributed by atoms with Crippen molar-refractivity contribution in [1.29, 1.82) is 0 Å². The van der Waals surface area contributed by atoms with Gasteiger partial charge in [-0.05, 0) is 46.3 Å². The largest absolute Gasteiger partial charge is 0.0648 e. The van der Waals surface area contributed by atoms with Gasteiger partial charge in [-0.15, -0.1) is 0 Å². The zero-order chi connectivity index (χ0) is 14.5. The highest BCUT2D eigenvalue weighted by Gasteiger charge is 2.69. The normalized spacial score (nSPS) is 42.5. The van der Waals surface area contributed by atoms with Gasteiger partial charge in [-0.2, -0.15) is 0 Å². The first-order chi connectivity index (χ1) is 7.98. The first-order valence-corrected chi connectivity index (χ1v) is 7.98. The van der Waals surface area contributed by atoms with E-state index in [1.807, 2.05) is 0 Å². The predicted molar refractivity (Wildman–Crippen MR) is 82.6 cm³/mol. The van der Waals surface area contributed by atoms with Crippen LogP contribution in [-0.2, 0) is 0 Å². The molecule has 18 heavy (non-hydrogen) atoms. The summed E-state index contributed by atoms with van der Waals surface area (Å²) in [5.74, 6) is 3.20. The monoisotopic (exact) mass is 252 g/mol. The van der Waals surface area contributed by atoms with Crippen molar-refractivity contribution in [3.8, 4) is 0 Å². The molecule has 0 bridgehead atoms. The van der Waals surface area contributed by atoms with Gasteiger partial charge in [0.1, 0.15) is 0 Å². The lowest BCUT2D eigenvalue weighted by Crippen LogP contribution is -2.69. The summed E-state index contributed by atoms with van der Waals surface area (Å²) in [4.78, 5) is 0.